The first kappa shape index (κ1) is 13.3. The SMILES string of the molecule is Nc1cccc(/C=C/c2nc(-c3ncccc3Cl)no2)c1. The van der Waals surface area contributed by atoms with Crippen molar-refractivity contribution < 1.29 is 4.52 Å². The number of anilines is 1. The third-order valence-corrected chi connectivity index (χ3v) is 3.05. The molecule has 0 radical (unpaired) electrons. The first-order chi connectivity index (χ1) is 10.2. The Morgan fingerprint density at radius 1 is 1.14 bits per heavy atom. The van der Waals surface area contributed by atoms with Crippen LogP contribution in [0.5, 0.6) is 0 Å². The summed E-state index contributed by atoms with van der Waals surface area (Å²) in [6.45, 7) is 0. The number of nitrogens with zero attached hydrogens (tertiary/aromatic N) is 3. The third-order valence-electron chi connectivity index (χ3n) is 2.74. The third kappa shape index (κ3) is 3.09. The average Bonchev–Trinajstić information content (AvgIpc) is 2.94. The molecule has 2 aromatic heterocycles. The van der Waals surface area contributed by atoms with Gasteiger partial charge >= 0.3 is 0 Å². The molecule has 0 bridgehead atoms. The highest BCUT2D eigenvalue weighted by molar-refractivity contribution is 6.32. The lowest BCUT2D eigenvalue weighted by Gasteiger charge is -1.94. The molecule has 0 fully saturated rings. The van der Waals surface area contributed by atoms with Gasteiger partial charge in [-0.25, -0.2) is 0 Å². The quantitative estimate of drug-likeness (QED) is 0.748. The van der Waals surface area contributed by atoms with E-state index in [4.69, 9.17) is 21.9 Å². The minimum atomic E-state index is 0.354. The maximum absolute atomic E-state index is 6.04. The summed E-state index contributed by atoms with van der Waals surface area (Å²) in [7, 11) is 0. The van der Waals surface area contributed by atoms with Crippen LogP contribution >= 0.6 is 11.6 Å². The van der Waals surface area contributed by atoms with Gasteiger partial charge in [0.15, 0.2) is 0 Å². The molecule has 104 valence electrons. The molecule has 0 amide bonds. The van der Waals surface area contributed by atoms with E-state index in [2.05, 4.69) is 15.1 Å². The zero-order chi connectivity index (χ0) is 14.7. The Morgan fingerprint density at radius 3 is 2.86 bits per heavy atom. The maximum Gasteiger partial charge on any atom is 0.251 e. The lowest BCUT2D eigenvalue weighted by atomic mass is 10.2. The van der Waals surface area contributed by atoms with Gasteiger partial charge in [0.2, 0.25) is 5.82 Å². The van der Waals surface area contributed by atoms with Crippen molar-refractivity contribution in [2.45, 2.75) is 0 Å². The predicted molar refractivity (Wildman–Crippen MR) is 82.3 cm³/mol. The van der Waals surface area contributed by atoms with Crippen molar-refractivity contribution in [3.05, 3.63) is 59.1 Å². The standard InChI is InChI=1S/C15H11ClN4O/c16-12-5-2-8-18-14(12)15-19-13(21-20-15)7-6-10-3-1-4-11(17)9-10/h1-9H,17H2/b7-6+. The Kier molecular flexibility index (Phi) is 3.66. The Morgan fingerprint density at radius 2 is 2.05 bits per heavy atom. The fraction of sp³-hybridized carbons (Fsp3) is 0. The van der Waals surface area contributed by atoms with E-state index in [-0.39, 0.29) is 0 Å². The topological polar surface area (TPSA) is 77.8 Å². The van der Waals surface area contributed by atoms with Crippen molar-refractivity contribution in [2.24, 2.45) is 0 Å². The summed E-state index contributed by atoms with van der Waals surface area (Å²) in [5.74, 6) is 0.724. The minimum Gasteiger partial charge on any atom is -0.399 e. The molecule has 3 aromatic rings. The molecule has 0 saturated heterocycles. The molecule has 0 unspecified atom stereocenters. The van der Waals surface area contributed by atoms with E-state index < -0.39 is 0 Å². The zero-order valence-corrected chi connectivity index (χ0v) is 11.7. The zero-order valence-electron chi connectivity index (χ0n) is 10.9. The number of rotatable bonds is 3. The molecular formula is C15H11ClN4O. The average molecular weight is 299 g/mol. The van der Waals surface area contributed by atoms with Crippen LogP contribution in [0, 0.1) is 0 Å². The molecule has 3 rings (SSSR count). The van der Waals surface area contributed by atoms with Crippen molar-refractivity contribution in [2.75, 3.05) is 5.73 Å². The number of nitrogens with two attached hydrogens (primary N) is 1. The number of hydrogen-bond acceptors (Lipinski definition) is 5. The molecule has 0 aliphatic heterocycles. The minimum absolute atomic E-state index is 0.354. The van der Waals surface area contributed by atoms with Crippen LogP contribution in [-0.2, 0) is 0 Å². The number of nitrogen functional groups attached to an aromatic ring is 1. The lowest BCUT2D eigenvalue weighted by Crippen LogP contribution is -1.86. The van der Waals surface area contributed by atoms with Crippen LogP contribution in [0.4, 0.5) is 5.69 Å². The summed E-state index contributed by atoms with van der Waals surface area (Å²) in [6, 6.07) is 10.9. The van der Waals surface area contributed by atoms with E-state index in [1.54, 1.807) is 24.4 Å². The molecule has 0 aliphatic carbocycles. The first-order valence-corrected chi connectivity index (χ1v) is 6.58. The van der Waals surface area contributed by atoms with Crippen LogP contribution in [0.3, 0.4) is 0 Å². The number of hydrogen-bond donors (Lipinski definition) is 1. The van der Waals surface area contributed by atoms with Crippen molar-refractivity contribution in [3.63, 3.8) is 0 Å². The lowest BCUT2D eigenvalue weighted by molar-refractivity contribution is 0.411. The van der Waals surface area contributed by atoms with Gasteiger partial charge in [0.25, 0.3) is 5.89 Å². The van der Waals surface area contributed by atoms with Crippen molar-refractivity contribution in [1.82, 2.24) is 15.1 Å². The highest BCUT2D eigenvalue weighted by Crippen LogP contribution is 2.22. The monoisotopic (exact) mass is 298 g/mol. The van der Waals surface area contributed by atoms with E-state index >= 15 is 0 Å². The fourth-order valence-electron chi connectivity index (χ4n) is 1.78. The smallest absolute Gasteiger partial charge is 0.251 e. The first-order valence-electron chi connectivity index (χ1n) is 6.20. The number of pyridine rings is 1. The van der Waals surface area contributed by atoms with E-state index in [1.165, 1.54) is 0 Å². The van der Waals surface area contributed by atoms with E-state index in [0.717, 1.165) is 5.56 Å². The van der Waals surface area contributed by atoms with Gasteiger partial charge in [0.1, 0.15) is 5.69 Å². The summed E-state index contributed by atoms with van der Waals surface area (Å²) in [4.78, 5) is 8.37. The summed E-state index contributed by atoms with van der Waals surface area (Å²) in [5, 5.41) is 4.34. The van der Waals surface area contributed by atoms with Crippen molar-refractivity contribution >= 4 is 29.4 Å². The molecule has 0 aliphatic rings. The molecule has 1 aromatic carbocycles. The molecular weight excluding hydrogens is 288 g/mol. The molecule has 0 saturated carbocycles. The van der Waals surface area contributed by atoms with E-state index in [9.17, 15) is 0 Å². The highest BCUT2D eigenvalue weighted by Gasteiger charge is 2.11. The molecule has 5 nitrogen and oxygen atoms in total. The second-order valence-electron chi connectivity index (χ2n) is 4.29. The maximum atomic E-state index is 6.04. The van der Waals surface area contributed by atoms with E-state index in [1.807, 2.05) is 30.3 Å². The van der Waals surface area contributed by atoms with Crippen molar-refractivity contribution in [3.8, 4) is 11.5 Å². The van der Waals surface area contributed by atoms with Crippen LogP contribution in [0.15, 0.2) is 47.1 Å². The van der Waals surface area contributed by atoms with Gasteiger partial charge < -0.3 is 10.3 Å². The normalized spacial score (nSPS) is 11.1. The van der Waals surface area contributed by atoms with E-state index in [0.29, 0.717) is 28.1 Å². The van der Waals surface area contributed by atoms with Gasteiger partial charge in [-0.2, -0.15) is 4.98 Å². The molecule has 2 N–H and O–H groups in total. The van der Waals surface area contributed by atoms with Crippen LogP contribution in [-0.4, -0.2) is 15.1 Å². The van der Waals surface area contributed by atoms with Crippen LogP contribution in [0.2, 0.25) is 5.02 Å². The Labute approximate surface area is 126 Å². The second-order valence-corrected chi connectivity index (χ2v) is 4.70. The van der Waals surface area contributed by atoms with Gasteiger partial charge in [0, 0.05) is 18.0 Å². The molecule has 0 spiro atoms. The Bertz CT molecular complexity index is 798. The largest absolute Gasteiger partial charge is 0.399 e. The van der Waals surface area contributed by atoms with Gasteiger partial charge in [0.05, 0.1) is 5.02 Å². The predicted octanol–water partition coefficient (Wildman–Crippen LogP) is 3.54. The summed E-state index contributed by atoms with van der Waals surface area (Å²) < 4.78 is 5.15. The number of halogens is 1. The Balaban J connectivity index is 1.84. The van der Waals surface area contributed by atoms with Gasteiger partial charge in [-0.3, -0.25) is 4.98 Å². The summed E-state index contributed by atoms with van der Waals surface area (Å²) in [6.07, 6.45) is 5.18. The second kappa shape index (κ2) is 5.76. The van der Waals surface area contributed by atoms with Crippen LogP contribution in [0.1, 0.15) is 11.5 Å². The molecule has 6 heteroatoms. The number of benzene rings is 1. The molecule has 21 heavy (non-hydrogen) atoms. The summed E-state index contributed by atoms with van der Waals surface area (Å²) in [5.41, 5.74) is 7.86. The number of aromatic nitrogens is 3. The van der Waals surface area contributed by atoms with Crippen LogP contribution < -0.4 is 5.73 Å². The highest BCUT2D eigenvalue weighted by atomic mass is 35.5. The molecule has 2 heterocycles. The Hall–Kier alpha value is -2.66. The van der Waals surface area contributed by atoms with Gasteiger partial charge in [-0.1, -0.05) is 28.9 Å². The van der Waals surface area contributed by atoms with Crippen LogP contribution in [0.25, 0.3) is 23.7 Å². The van der Waals surface area contributed by atoms with Gasteiger partial charge in [-0.05, 0) is 35.9 Å². The fourth-order valence-corrected chi connectivity index (χ4v) is 1.99. The molecule has 0 atom stereocenters. The summed E-state index contributed by atoms with van der Waals surface area (Å²) >= 11 is 6.04. The van der Waals surface area contributed by atoms with Crippen molar-refractivity contribution in [1.29, 1.82) is 0 Å². The van der Waals surface area contributed by atoms with Gasteiger partial charge in [-0.15, -0.1) is 0 Å².